The van der Waals surface area contributed by atoms with Crippen molar-refractivity contribution < 1.29 is 4.79 Å². The van der Waals surface area contributed by atoms with E-state index in [0.717, 1.165) is 35.9 Å². The Morgan fingerprint density at radius 3 is 2.55 bits per heavy atom. The summed E-state index contributed by atoms with van der Waals surface area (Å²) in [6.45, 7) is 4.17. The smallest absolute Gasteiger partial charge is 0.261 e. The lowest BCUT2D eigenvalue weighted by Crippen LogP contribution is -2.48. The summed E-state index contributed by atoms with van der Waals surface area (Å²) in [5.41, 5.74) is 2.79. The van der Waals surface area contributed by atoms with Crippen molar-refractivity contribution >= 4 is 28.1 Å². The third-order valence-electron chi connectivity index (χ3n) is 5.98. The van der Waals surface area contributed by atoms with Crippen LogP contribution < -0.4 is 5.56 Å². The van der Waals surface area contributed by atoms with Gasteiger partial charge in [-0.2, -0.15) is 0 Å². The maximum Gasteiger partial charge on any atom is 0.261 e. The Morgan fingerprint density at radius 1 is 0.970 bits per heavy atom. The average molecular weight is 460 g/mol. The minimum Gasteiger partial charge on any atom is -0.340 e. The number of carbonyl (C=O) groups excluding carboxylic acids is 1. The molecular formula is C25H25N5O2S. The van der Waals surface area contributed by atoms with Crippen molar-refractivity contribution in [1.29, 1.82) is 0 Å². The van der Waals surface area contributed by atoms with Gasteiger partial charge < -0.3 is 4.90 Å². The second kappa shape index (κ2) is 9.64. The SMILES string of the molecule is O=C(CCn1cnc2ccccc2c1=O)N1CCN(Cc2csc(-c3ccccc3)n2)CC1. The lowest BCUT2D eigenvalue weighted by atomic mass is 10.2. The number of hydrogen-bond donors (Lipinski definition) is 0. The van der Waals surface area contributed by atoms with Crippen molar-refractivity contribution in [2.24, 2.45) is 0 Å². The van der Waals surface area contributed by atoms with Gasteiger partial charge in [0, 0.05) is 56.6 Å². The molecule has 0 spiro atoms. The molecule has 0 saturated carbocycles. The van der Waals surface area contributed by atoms with Crippen molar-refractivity contribution in [3.05, 3.63) is 82.4 Å². The van der Waals surface area contributed by atoms with E-state index in [1.807, 2.05) is 41.3 Å². The summed E-state index contributed by atoms with van der Waals surface area (Å²) in [6, 6.07) is 17.5. The van der Waals surface area contributed by atoms with E-state index in [-0.39, 0.29) is 11.5 Å². The third-order valence-corrected chi connectivity index (χ3v) is 6.92. The molecule has 4 aromatic rings. The molecule has 0 unspecified atom stereocenters. The van der Waals surface area contributed by atoms with E-state index in [2.05, 4.69) is 27.4 Å². The number of amides is 1. The topological polar surface area (TPSA) is 71.3 Å². The van der Waals surface area contributed by atoms with Crippen LogP contribution in [0, 0.1) is 0 Å². The third kappa shape index (κ3) is 4.86. The normalized spacial score (nSPS) is 14.6. The van der Waals surface area contributed by atoms with E-state index in [1.165, 1.54) is 10.9 Å². The molecule has 168 valence electrons. The number of thiazole rings is 1. The molecular weight excluding hydrogens is 434 g/mol. The van der Waals surface area contributed by atoms with E-state index >= 15 is 0 Å². The lowest BCUT2D eigenvalue weighted by molar-refractivity contribution is -0.133. The van der Waals surface area contributed by atoms with Crippen LogP contribution in [0.1, 0.15) is 12.1 Å². The summed E-state index contributed by atoms with van der Waals surface area (Å²) in [4.78, 5) is 38.7. The Balaban J connectivity index is 1.12. The van der Waals surface area contributed by atoms with E-state index < -0.39 is 0 Å². The second-order valence-electron chi connectivity index (χ2n) is 8.18. The highest BCUT2D eigenvalue weighted by Crippen LogP contribution is 2.24. The van der Waals surface area contributed by atoms with Crippen LogP contribution >= 0.6 is 11.3 Å². The summed E-state index contributed by atoms with van der Waals surface area (Å²) in [7, 11) is 0. The number of carbonyl (C=O) groups is 1. The van der Waals surface area contributed by atoms with Crippen molar-refractivity contribution in [1.82, 2.24) is 24.3 Å². The number of rotatable bonds is 6. The Morgan fingerprint density at radius 2 is 1.73 bits per heavy atom. The largest absolute Gasteiger partial charge is 0.340 e. The van der Waals surface area contributed by atoms with Gasteiger partial charge in [-0.05, 0) is 12.1 Å². The molecule has 0 aliphatic carbocycles. The zero-order valence-corrected chi connectivity index (χ0v) is 19.1. The first-order valence-corrected chi connectivity index (χ1v) is 12.0. The van der Waals surface area contributed by atoms with Crippen LogP contribution in [0.5, 0.6) is 0 Å². The fraction of sp³-hybridized carbons (Fsp3) is 0.280. The van der Waals surface area contributed by atoms with E-state index in [9.17, 15) is 9.59 Å². The number of hydrogen-bond acceptors (Lipinski definition) is 6. The van der Waals surface area contributed by atoms with E-state index in [0.29, 0.717) is 37.0 Å². The Kier molecular flexibility index (Phi) is 6.28. The number of para-hydroxylation sites is 1. The maximum absolute atomic E-state index is 12.7. The van der Waals surface area contributed by atoms with E-state index in [4.69, 9.17) is 4.98 Å². The van der Waals surface area contributed by atoms with Gasteiger partial charge in [0.25, 0.3) is 5.56 Å². The number of nitrogens with zero attached hydrogens (tertiary/aromatic N) is 5. The molecule has 33 heavy (non-hydrogen) atoms. The van der Waals surface area contributed by atoms with Crippen molar-refractivity contribution in [3.63, 3.8) is 0 Å². The first-order valence-electron chi connectivity index (χ1n) is 11.1. The fourth-order valence-electron chi connectivity index (χ4n) is 4.12. The maximum atomic E-state index is 12.7. The molecule has 1 aliphatic heterocycles. The van der Waals surface area contributed by atoms with Crippen molar-refractivity contribution in [3.8, 4) is 10.6 Å². The minimum absolute atomic E-state index is 0.0785. The Hall–Kier alpha value is -3.36. The van der Waals surface area contributed by atoms with Crippen LogP contribution in [0.2, 0.25) is 0 Å². The summed E-state index contributed by atoms with van der Waals surface area (Å²) >= 11 is 1.67. The number of fused-ring (bicyclic) bond motifs is 1. The monoisotopic (exact) mass is 459 g/mol. The van der Waals surface area contributed by atoms with Crippen LogP contribution in [0.15, 0.2) is 71.1 Å². The molecule has 2 aromatic carbocycles. The molecule has 0 bridgehead atoms. The first kappa shape index (κ1) is 21.5. The van der Waals surface area contributed by atoms with Crippen LogP contribution in [-0.4, -0.2) is 56.4 Å². The standard InChI is InChI=1S/C25H25N5O2S/c31-23(10-11-30-18-26-22-9-5-4-8-21(22)25(30)32)29-14-12-28(13-15-29)16-20-17-33-24(27-20)19-6-2-1-3-7-19/h1-9,17-18H,10-16H2. The highest BCUT2D eigenvalue weighted by atomic mass is 32.1. The highest BCUT2D eigenvalue weighted by molar-refractivity contribution is 7.13. The van der Waals surface area contributed by atoms with Gasteiger partial charge in [0.05, 0.1) is 22.9 Å². The molecule has 0 atom stereocenters. The minimum atomic E-state index is -0.101. The molecule has 1 fully saturated rings. The summed E-state index contributed by atoms with van der Waals surface area (Å²) in [6.07, 6.45) is 1.83. The number of aryl methyl sites for hydroxylation is 1. The van der Waals surface area contributed by atoms with Gasteiger partial charge in [0.15, 0.2) is 0 Å². The average Bonchev–Trinajstić information content (AvgIpc) is 3.33. The van der Waals surface area contributed by atoms with Crippen LogP contribution in [0.3, 0.4) is 0 Å². The van der Waals surface area contributed by atoms with Gasteiger partial charge in [0.2, 0.25) is 5.91 Å². The molecule has 2 aromatic heterocycles. The number of benzene rings is 2. The Bertz CT molecular complexity index is 1310. The first-order chi connectivity index (χ1) is 16.2. The number of aromatic nitrogens is 3. The molecule has 1 saturated heterocycles. The Labute approximate surface area is 195 Å². The molecule has 1 aliphatic rings. The predicted octanol–water partition coefficient (Wildman–Crippen LogP) is 3.25. The van der Waals surface area contributed by atoms with Crippen LogP contribution in [-0.2, 0) is 17.9 Å². The number of piperazine rings is 1. The fourth-order valence-corrected chi connectivity index (χ4v) is 4.93. The molecule has 0 radical (unpaired) electrons. The molecule has 8 heteroatoms. The zero-order valence-electron chi connectivity index (χ0n) is 18.3. The van der Waals surface area contributed by atoms with Crippen LogP contribution in [0.25, 0.3) is 21.5 Å². The lowest BCUT2D eigenvalue weighted by Gasteiger charge is -2.34. The second-order valence-corrected chi connectivity index (χ2v) is 9.04. The molecule has 1 amide bonds. The summed E-state index contributed by atoms with van der Waals surface area (Å²) in [5.74, 6) is 0.0785. The zero-order chi connectivity index (χ0) is 22.6. The van der Waals surface area contributed by atoms with Gasteiger partial charge in [-0.25, -0.2) is 9.97 Å². The van der Waals surface area contributed by atoms with Crippen molar-refractivity contribution in [2.75, 3.05) is 26.2 Å². The quantitative estimate of drug-likeness (QED) is 0.443. The molecule has 7 nitrogen and oxygen atoms in total. The van der Waals surface area contributed by atoms with Crippen LogP contribution in [0.4, 0.5) is 0 Å². The van der Waals surface area contributed by atoms with Gasteiger partial charge in [0.1, 0.15) is 5.01 Å². The van der Waals surface area contributed by atoms with Crippen molar-refractivity contribution in [2.45, 2.75) is 19.5 Å². The predicted molar refractivity (Wildman–Crippen MR) is 130 cm³/mol. The summed E-state index contributed by atoms with van der Waals surface area (Å²) in [5, 5.41) is 3.74. The molecule has 0 N–H and O–H groups in total. The molecule has 3 heterocycles. The van der Waals surface area contributed by atoms with E-state index in [1.54, 1.807) is 17.4 Å². The van der Waals surface area contributed by atoms with Gasteiger partial charge in [-0.1, -0.05) is 42.5 Å². The van der Waals surface area contributed by atoms with Gasteiger partial charge in [-0.3, -0.25) is 19.1 Å². The van der Waals surface area contributed by atoms with Gasteiger partial charge in [-0.15, -0.1) is 11.3 Å². The molecule has 5 rings (SSSR count). The van der Waals surface area contributed by atoms with Gasteiger partial charge >= 0.3 is 0 Å². The summed E-state index contributed by atoms with van der Waals surface area (Å²) < 4.78 is 1.53. The highest BCUT2D eigenvalue weighted by Gasteiger charge is 2.22.